The van der Waals surface area contributed by atoms with Crippen molar-refractivity contribution in [1.82, 2.24) is 5.16 Å². The molecule has 0 aliphatic carbocycles. The van der Waals surface area contributed by atoms with Crippen molar-refractivity contribution in [2.75, 3.05) is 5.73 Å². The van der Waals surface area contributed by atoms with Gasteiger partial charge in [-0.25, -0.2) is 4.39 Å². The molecule has 2 heterocycles. The maximum Gasteiger partial charge on any atom is 0.201 e. The van der Waals surface area contributed by atoms with Crippen LogP contribution in [0.2, 0.25) is 0 Å². The average molecular weight is 248 g/mol. The molecule has 0 spiro atoms. The van der Waals surface area contributed by atoms with Crippen molar-refractivity contribution < 1.29 is 8.91 Å². The quantitative estimate of drug-likeness (QED) is 0.716. The largest absolute Gasteiger partial charge is 0.395 e. The van der Waals surface area contributed by atoms with Gasteiger partial charge >= 0.3 is 0 Å². The van der Waals surface area contributed by atoms with Crippen LogP contribution in [0.5, 0.6) is 0 Å². The lowest BCUT2D eigenvalue weighted by Gasteiger charge is -1.96. The summed E-state index contributed by atoms with van der Waals surface area (Å²) in [5.41, 5.74) is 7.94. The monoisotopic (exact) mass is 248 g/mol. The van der Waals surface area contributed by atoms with E-state index in [9.17, 15) is 4.39 Å². The molecule has 0 saturated carbocycles. The van der Waals surface area contributed by atoms with Crippen molar-refractivity contribution in [2.45, 2.75) is 6.92 Å². The molecule has 0 amide bonds. The van der Waals surface area contributed by atoms with Gasteiger partial charge in [-0.15, -0.1) is 11.3 Å². The van der Waals surface area contributed by atoms with E-state index < -0.39 is 0 Å². The number of aromatic nitrogens is 1. The zero-order chi connectivity index (χ0) is 12.0. The molecule has 2 N–H and O–H groups in total. The van der Waals surface area contributed by atoms with Crippen LogP contribution < -0.4 is 5.73 Å². The molecule has 3 aromatic rings. The zero-order valence-electron chi connectivity index (χ0n) is 9.03. The predicted molar refractivity (Wildman–Crippen MR) is 66.4 cm³/mol. The first-order valence-corrected chi connectivity index (χ1v) is 5.89. The molecule has 0 saturated heterocycles. The van der Waals surface area contributed by atoms with Crippen LogP contribution in [0.4, 0.5) is 10.1 Å². The van der Waals surface area contributed by atoms with Gasteiger partial charge in [-0.1, -0.05) is 17.3 Å². The molecular formula is C12H9FN2OS. The van der Waals surface area contributed by atoms with Crippen LogP contribution in [-0.2, 0) is 0 Å². The van der Waals surface area contributed by atoms with Crippen LogP contribution in [0, 0.1) is 12.7 Å². The van der Waals surface area contributed by atoms with Crippen LogP contribution in [0.1, 0.15) is 4.88 Å². The molecule has 3 rings (SSSR count). The number of fused-ring (bicyclic) bond motifs is 1. The van der Waals surface area contributed by atoms with Crippen molar-refractivity contribution in [3.8, 4) is 11.3 Å². The number of rotatable bonds is 1. The topological polar surface area (TPSA) is 52.0 Å². The van der Waals surface area contributed by atoms with E-state index in [4.69, 9.17) is 10.3 Å². The Morgan fingerprint density at radius 2 is 2.12 bits per heavy atom. The first kappa shape index (κ1) is 10.3. The van der Waals surface area contributed by atoms with Gasteiger partial charge in [0.05, 0.1) is 5.69 Å². The maximum absolute atomic E-state index is 13.7. The van der Waals surface area contributed by atoms with E-state index >= 15 is 0 Å². The summed E-state index contributed by atoms with van der Waals surface area (Å²) in [4.78, 5) is 0.957. The number of halogens is 1. The molecule has 3 nitrogen and oxygen atoms in total. The smallest absolute Gasteiger partial charge is 0.201 e. The summed E-state index contributed by atoms with van der Waals surface area (Å²) >= 11 is 1.47. The molecule has 5 heteroatoms. The van der Waals surface area contributed by atoms with Gasteiger partial charge in [-0.2, -0.15) is 0 Å². The van der Waals surface area contributed by atoms with Gasteiger partial charge in [0.25, 0.3) is 0 Å². The molecule has 17 heavy (non-hydrogen) atoms. The third-order valence-corrected chi connectivity index (χ3v) is 3.77. The minimum atomic E-state index is -0.313. The Hall–Kier alpha value is -1.88. The molecule has 0 atom stereocenters. The van der Waals surface area contributed by atoms with Crippen LogP contribution >= 0.6 is 11.3 Å². The number of benzene rings is 1. The molecular weight excluding hydrogens is 239 g/mol. The number of thiophene rings is 1. The van der Waals surface area contributed by atoms with Crippen LogP contribution in [-0.4, -0.2) is 5.16 Å². The molecule has 86 valence electrons. The Morgan fingerprint density at radius 1 is 1.35 bits per heavy atom. The van der Waals surface area contributed by atoms with Gasteiger partial charge in [0.2, 0.25) is 5.58 Å². The fourth-order valence-corrected chi connectivity index (χ4v) is 2.73. The Labute approximate surface area is 101 Å². The van der Waals surface area contributed by atoms with Gasteiger partial charge in [0.1, 0.15) is 16.2 Å². The lowest BCUT2D eigenvalue weighted by Crippen LogP contribution is -1.82. The predicted octanol–water partition coefficient (Wildman–Crippen LogP) is 3.59. The van der Waals surface area contributed by atoms with E-state index in [1.54, 1.807) is 18.2 Å². The van der Waals surface area contributed by atoms with E-state index in [0.29, 0.717) is 22.5 Å². The summed E-state index contributed by atoms with van der Waals surface area (Å²) < 4.78 is 19.7. The number of nitrogens with two attached hydrogens (primary N) is 1. The van der Waals surface area contributed by atoms with E-state index in [0.717, 1.165) is 9.58 Å². The Morgan fingerprint density at radius 3 is 2.88 bits per heavy atom. The highest BCUT2D eigenvalue weighted by atomic mass is 32.1. The summed E-state index contributed by atoms with van der Waals surface area (Å²) in [5, 5.41) is 3.90. The summed E-state index contributed by atoms with van der Waals surface area (Å²) in [6.07, 6.45) is 0. The van der Waals surface area contributed by atoms with Crippen molar-refractivity contribution in [1.29, 1.82) is 0 Å². The molecule has 0 radical (unpaired) electrons. The molecule has 2 aromatic heterocycles. The second-order valence-corrected chi connectivity index (χ2v) is 4.97. The number of hydrogen-bond acceptors (Lipinski definition) is 4. The first-order chi connectivity index (χ1) is 8.18. The van der Waals surface area contributed by atoms with Gasteiger partial charge in [0.15, 0.2) is 0 Å². The van der Waals surface area contributed by atoms with E-state index in [1.165, 1.54) is 17.4 Å². The Kier molecular flexibility index (Phi) is 2.16. The molecule has 0 bridgehead atoms. The normalized spacial score (nSPS) is 11.2. The van der Waals surface area contributed by atoms with Gasteiger partial charge in [0, 0.05) is 10.4 Å². The SMILES string of the molecule is Cc1sc2c(-c3ccccc3F)noc2c1N. The number of nitrogens with zero attached hydrogens (tertiary/aromatic N) is 1. The molecule has 1 aromatic carbocycles. The lowest BCUT2D eigenvalue weighted by molar-refractivity contribution is 0.460. The average Bonchev–Trinajstić information content (AvgIpc) is 2.83. The van der Waals surface area contributed by atoms with Gasteiger partial charge in [-0.05, 0) is 19.1 Å². The fourth-order valence-electron chi connectivity index (χ4n) is 1.74. The minimum absolute atomic E-state index is 0.313. The van der Waals surface area contributed by atoms with Crippen molar-refractivity contribution >= 4 is 27.3 Å². The minimum Gasteiger partial charge on any atom is -0.395 e. The third kappa shape index (κ3) is 1.43. The first-order valence-electron chi connectivity index (χ1n) is 5.07. The van der Waals surface area contributed by atoms with Crippen LogP contribution in [0.15, 0.2) is 28.8 Å². The van der Waals surface area contributed by atoms with Crippen molar-refractivity contribution in [3.05, 3.63) is 35.0 Å². The fraction of sp³-hybridized carbons (Fsp3) is 0.0833. The highest BCUT2D eigenvalue weighted by Gasteiger charge is 2.19. The summed E-state index contributed by atoms with van der Waals surface area (Å²) in [6.45, 7) is 1.90. The summed E-state index contributed by atoms with van der Waals surface area (Å²) in [6, 6.07) is 6.49. The molecule has 0 aliphatic heterocycles. The van der Waals surface area contributed by atoms with Gasteiger partial charge < -0.3 is 10.3 Å². The number of aryl methyl sites for hydroxylation is 1. The van der Waals surface area contributed by atoms with Crippen LogP contribution in [0.25, 0.3) is 21.5 Å². The number of hydrogen-bond donors (Lipinski definition) is 1. The highest BCUT2D eigenvalue weighted by Crippen LogP contribution is 2.39. The van der Waals surface area contributed by atoms with Crippen LogP contribution in [0.3, 0.4) is 0 Å². The second kappa shape index (κ2) is 3.56. The maximum atomic E-state index is 13.7. The Balaban J connectivity index is 2.32. The number of nitrogen functional groups attached to an aromatic ring is 1. The second-order valence-electron chi connectivity index (χ2n) is 3.74. The lowest BCUT2D eigenvalue weighted by atomic mass is 10.1. The van der Waals surface area contributed by atoms with Crippen molar-refractivity contribution in [2.24, 2.45) is 0 Å². The number of anilines is 1. The summed E-state index contributed by atoms with van der Waals surface area (Å²) in [7, 11) is 0. The van der Waals surface area contributed by atoms with E-state index in [2.05, 4.69) is 5.16 Å². The molecule has 0 aliphatic rings. The van der Waals surface area contributed by atoms with E-state index in [1.807, 2.05) is 6.92 Å². The summed E-state index contributed by atoms with van der Waals surface area (Å²) in [5.74, 6) is -0.313. The van der Waals surface area contributed by atoms with Gasteiger partial charge in [-0.3, -0.25) is 0 Å². The van der Waals surface area contributed by atoms with E-state index in [-0.39, 0.29) is 5.82 Å². The standard InChI is InChI=1S/C12H9FN2OS/c1-6-9(14)11-12(17-6)10(15-16-11)7-4-2-3-5-8(7)13/h2-5H,14H2,1H3. The molecule has 0 unspecified atom stereocenters. The van der Waals surface area contributed by atoms with Crippen molar-refractivity contribution in [3.63, 3.8) is 0 Å². The third-order valence-electron chi connectivity index (χ3n) is 2.66. The Bertz CT molecular complexity index is 702. The highest BCUT2D eigenvalue weighted by molar-refractivity contribution is 7.20. The zero-order valence-corrected chi connectivity index (χ0v) is 9.84. The molecule has 0 fully saturated rings.